The Bertz CT molecular complexity index is 486. The van der Waals surface area contributed by atoms with Crippen molar-refractivity contribution < 1.29 is 56.5 Å². The molecule has 76 valence electrons. The molecular weight excluding hydrogens is 270 g/mol. The standard InChI is InChI=1S/C12H8Cl2O.K/c13-9-6-10(12(15)11(14)7-9)8-4-2-1-3-5-8;/h1-7,15H;/q;+1/p-1. The third kappa shape index (κ3) is 3.23. The van der Waals surface area contributed by atoms with Crippen LogP contribution in [-0.4, -0.2) is 0 Å². The molecule has 0 bridgehead atoms. The summed E-state index contributed by atoms with van der Waals surface area (Å²) in [5, 5.41) is 12.4. The molecule has 0 N–H and O–H groups in total. The smallest absolute Gasteiger partial charge is 0.871 e. The number of hydrogen-bond acceptors (Lipinski definition) is 1. The predicted molar refractivity (Wildman–Crippen MR) is 61.3 cm³/mol. The van der Waals surface area contributed by atoms with E-state index in [-0.39, 0.29) is 62.2 Å². The van der Waals surface area contributed by atoms with Crippen LogP contribution in [0.3, 0.4) is 0 Å². The van der Waals surface area contributed by atoms with Crippen LogP contribution in [0.4, 0.5) is 0 Å². The van der Waals surface area contributed by atoms with E-state index in [1.54, 1.807) is 6.07 Å². The maximum Gasteiger partial charge on any atom is 1.00 e. The fourth-order valence-electron chi connectivity index (χ4n) is 1.39. The summed E-state index contributed by atoms with van der Waals surface area (Å²) in [6.45, 7) is 0. The van der Waals surface area contributed by atoms with Gasteiger partial charge >= 0.3 is 51.4 Å². The molecule has 4 heteroatoms. The Hall–Kier alpha value is 0.456. The van der Waals surface area contributed by atoms with E-state index in [4.69, 9.17) is 23.2 Å². The van der Waals surface area contributed by atoms with Gasteiger partial charge in [-0.2, -0.15) is 0 Å². The maximum atomic E-state index is 11.7. The fraction of sp³-hybridized carbons (Fsp3) is 0. The molecule has 0 aliphatic rings. The van der Waals surface area contributed by atoms with Gasteiger partial charge in [0.05, 0.1) is 0 Å². The molecule has 16 heavy (non-hydrogen) atoms. The van der Waals surface area contributed by atoms with Crippen LogP contribution >= 0.6 is 23.2 Å². The van der Waals surface area contributed by atoms with Crippen molar-refractivity contribution in [2.45, 2.75) is 0 Å². The van der Waals surface area contributed by atoms with E-state index in [0.717, 1.165) is 5.56 Å². The van der Waals surface area contributed by atoms with E-state index >= 15 is 0 Å². The molecule has 2 aromatic carbocycles. The van der Waals surface area contributed by atoms with Crippen molar-refractivity contribution in [1.82, 2.24) is 0 Å². The SMILES string of the molecule is [K+].[O-]c1c(Cl)cc(Cl)cc1-c1ccccc1. The van der Waals surface area contributed by atoms with Crippen LogP contribution < -0.4 is 56.5 Å². The molecule has 0 saturated heterocycles. The molecule has 2 rings (SSSR count). The average molecular weight is 277 g/mol. The first-order chi connectivity index (χ1) is 7.18. The van der Waals surface area contributed by atoms with E-state index in [1.165, 1.54) is 6.07 Å². The van der Waals surface area contributed by atoms with E-state index in [1.807, 2.05) is 30.3 Å². The molecule has 0 aliphatic carbocycles. The molecule has 0 aromatic heterocycles. The molecule has 1 nitrogen and oxygen atoms in total. The van der Waals surface area contributed by atoms with Crippen LogP contribution in [0.5, 0.6) is 5.75 Å². The van der Waals surface area contributed by atoms with Crippen LogP contribution in [0.2, 0.25) is 10.0 Å². The van der Waals surface area contributed by atoms with Crippen molar-refractivity contribution in [2.24, 2.45) is 0 Å². The summed E-state index contributed by atoms with van der Waals surface area (Å²) in [6.07, 6.45) is 0. The van der Waals surface area contributed by atoms with E-state index in [0.29, 0.717) is 10.6 Å². The number of halogens is 2. The Balaban J connectivity index is 0.00000128. The van der Waals surface area contributed by atoms with Crippen molar-refractivity contribution >= 4 is 23.2 Å². The maximum absolute atomic E-state index is 11.7. The van der Waals surface area contributed by atoms with Crippen LogP contribution in [0, 0.1) is 0 Å². The first kappa shape index (κ1) is 14.5. The zero-order chi connectivity index (χ0) is 10.8. The van der Waals surface area contributed by atoms with Crippen molar-refractivity contribution in [3.63, 3.8) is 0 Å². The van der Waals surface area contributed by atoms with Crippen molar-refractivity contribution in [1.29, 1.82) is 0 Å². The van der Waals surface area contributed by atoms with Gasteiger partial charge in [-0.05, 0) is 23.3 Å². The quantitative estimate of drug-likeness (QED) is 0.705. The second-order valence-corrected chi connectivity index (χ2v) is 3.97. The zero-order valence-corrected chi connectivity index (χ0v) is 13.3. The first-order valence-electron chi connectivity index (χ1n) is 4.40. The van der Waals surface area contributed by atoms with Gasteiger partial charge in [-0.1, -0.05) is 59.3 Å². The minimum absolute atomic E-state index is 0. The van der Waals surface area contributed by atoms with Crippen LogP contribution in [0.1, 0.15) is 0 Å². The van der Waals surface area contributed by atoms with Gasteiger partial charge in [0.2, 0.25) is 0 Å². The Morgan fingerprint density at radius 3 is 2.19 bits per heavy atom. The molecule has 0 saturated carbocycles. The molecule has 0 spiro atoms. The normalized spacial score (nSPS) is 9.62. The van der Waals surface area contributed by atoms with Gasteiger partial charge in [0.15, 0.2) is 0 Å². The summed E-state index contributed by atoms with van der Waals surface area (Å²) >= 11 is 11.6. The fourth-order valence-corrected chi connectivity index (χ4v) is 1.89. The Morgan fingerprint density at radius 2 is 1.56 bits per heavy atom. The Morgan fingerprint density at radius 1 is 0.938 bits per heavy atom. The summed E-state index contributed by atoms with van der Waals surface area (Å²) in [5.74, 6) is -0.188. The van der Waals surface area contributed by atoms with Crippen molar-refractivity contribution in [2.75, 3.05) is 0 Å². The van der Waals surface area contributed by atoms with Gasteiger partial charge in [0.25, 0.3) is 0 Å². The molecule has 0 radical (unpaired) electrons. The van der Waals surface area contributed by atoms with Crippen molar-refractivity contribution in [3.8, 4) is 16.9 Å². The van der Waals surface area contributed by atoms with Crippen LogP contribution in [0.15, 0.2) is 42.5 Å². The molecule has 2 aromatic rings. The van der Waals surface area contributed by atoms with Gasteiger partial charge in [0.1, 0.15) is 0 Å². The van der Waals surface area contributed by atoms with Crippen molar-refractivity contribution in [3.05, 3.63) is 52.5 Å². The number of benzene rings is 2. The van der Waals surface area contributed by atoms with Gasteiger partial charge in [-0.25, -0.2) is 0 Å². The molecule has 0 heterocycles. The zero-order valence-electron chi connectivity index (χ0n) is 8.71. The second kappa shape index (κ2) is 6.41. The predicted octanol–water partition coefficient (Wildman–Crippen LogP) is 0.738. The summed E-state index contributed by atoms with van der Waals surface area (Å²) in [6, 6.07) is 12.4. The van der Waals surface area contributed by atoms with Gasteiger partial charge in [0, 0.05) is 10.0 Å². The second-order valence-electron chi connectivity index (χ2n) is 3.13. The minimum Gasteiger partial charge on any atom is -0.871 e. The monoisotopic (exact) mass is 276 g/mol. The molecule has 0 fully saturated rings. The topological polar surface area (TPSA) is 23.1 Å². The molecule has 0 atom stereocenters. The first-order valence-corrected chi connectivity index (χ1v) is 5.15. The number of rotatable bonds is 1. The summed E-state index contributed by atoms with van der Waals surface area (Å²) in [4.78, 5) is 0. The van der Waals surface area contributed by atoms with Gasteiger partial charge < -0.3 is 5.11 Å². The molecule has 0 unspecified atom stereocenters. The minimum atomic E-state index is -0.188. The Kier molecular flexibility index (Phi) is 5.81. The van der Waals surface area contributed by atoms with Gasteiger partial charge in [-0.3, -0.25) is 0 Å². The third-order valence-corrected chi connectivity index (χ3v) is 2.59. The largest absolute Gasteiger partial charge is 1.00 e. The molecule has 0 amide bonds. The summed E-state index contributed by atoms with van der Waals surface area (Å²) in [7, 11) is 0. The molecular formula is C12H7Cl2KO. The van der Waals surface area contributed by atoms with E-state index in [9.17, 15) is 5.11 Å². The van der Waals surface area contributed by atoms with Gasteiger partial charge in [-0.15, -0.1) is 0 Å². The van der Waals surface area contributed by atoms with Crippen LogP contribution in [-0.2, 0) is 0 Å². The van der Waals surface area contributed by atoms with Crippen LogP contribution in [0.25, 0.3) is 11.1 Å². The summed E-state index contributed by atoms with van der Waals surface area (Å²) < 4.78 is 0. The van der Waals surface area contributed by atoms with E-state index in [2.05, 4.69) is 0 Å². The van der Waals surface area contributed by atoms with E-state index < -0.39 is 0 Å². The number of hydrogen-bond donors (Lipinski definition) is 0. The Labute approximate surface area is 147 Å². The average Bonchev–Trinajstić information content (AvgIpc) is 2.24. The third-order valence-electron chi connectivity index (χ3n) is 2.09. The summed E-state index contributed by atoms with van der Waals surface area (Å²) in [5.41, 5.74) is 1.36. The molecule has 0 aliphatic heterocycles.